The second kappa shape index (κ2) is 1.58. The summed E-state index contributed by atoms with van der Waals surface area (Å²) in [5, 5.41) is 0. The van der Waals surface area contributed by atoms with Crippen molar-refractivity contribution in [2.45, 2.75) is 38.8 Å². The maximum Gasteiger partial charge on any atom is 0.0182 e. The minimum absolute atomic E-state index is 0.466. The molecule has 2 aliphatic rings. The fourth-order valence-corrected chi connectivity index (χ4v) is 2.46. The summed E-state index contributed by atoms with van der Waals surface area (Å²) in [5.74, 6) is 1.93. The fraction of sp³-hybridized carbons (Fsp3) is 1.00. The van der Waals surface area contributed by atoms with Crippen LogP contribution in [0.4, 0.5) is 0 Å². The van der Waals surface area contributed by atoms with Crippen molar-refractivity contribution in [3.8, 4) is 0 Å². The fourth-order valence-electron chi connectivity index (χ4n) is 2.46. The number of hydrogen-bond donors (Lipinski definition) is 0. The number of likely N-dealkylation sites (tertiary alicyclic amines) is 1. The van der Waals surface area contributed by atoms with Gasteiger partial charge in [0, 0.05) is 11.6 Å². The van der Waals surface area contributed by atoms with E-state index in [1.807, 2.05) is 0 Å². The molecule has 0 radical (unpaired) electrons. The van der Waals surface area contributed by atoms with Gasteiger partial charge in [0.25, 0.3) is 0 Å². The predicted molar refractivity (Wildman–Crippen MR) is 42.9 cm³/mol. The molecule has 2 rings (SSSR count). The van der Waals surface area contributed by atoms with Crippen molar-refractivity contribution in [2.75, 3.05) is 7.05 Å². The van der Waals surface area contributed by atoms with Gasteiger partial charge in [-0.15, -0.1) is 0 Å². The first-order valence-electron chi connectivity index (χ1n) is 4.28. The van der Waals surface area contributed by atoms with Gasteiger partial charge in [-0.3, -0.25) is 4.90 Å². The van der Waals surface area contributed by atoms with Crippen molar-refractivity contribution in [2.24, 2.45) is 11.8 Å². The van der Waals surface area contributed by atoms with Crippen LogP contribution in [0, 0.1) is 11.8 Å². The molecule has 1 saturated carbocycles. The van der Waals surface area contributed by atoms with E-state index in [0.29, 0.717) is 5.54 Å². The van der Waals surface area contributed by atoms with Gasteiger partial charge < -0.3 is 0 Å². The predicted octanol–water partition coefficient (Wildman–Crippen LogP) is 1.74. The molecule has 0 bridgehead atoms. The first-order valence-corrected chi connectivity index (χ1v) is 4.28. The van der Waals surface area contributed by atoms with Crippen LogP contribution in [0.2, 0.25) is 0 Å². The molecule has 1 aliphatic heterocycles. The molecule has 10 heavy (non-hydrogen) atoms. The molecule has 1 heterocycles. The molecule has 1 aliphatic carbocycles. The molecule has 2 fully saturated rings. The minimum atomic E-state index is 0.466. The van der Waals surface area contributed by atoms with Gasteiger partial charge in [-0.2, -0.15) is 0 Å². The smallest absolute Gasteiger partial charge is 0.0182 e. The normalized spacial score (nSPS) is 51.0. The number of hydrogen-bond acceptors (Lipinski definition) is 1. The lowest BCUT2D eigenvalue weighted by atomic mass is 9.87. The standard InChI is InChI=1S/C9H17N/c1-6-7-5-8(7)10(4)9(6,2)3/h6-8H,5H2,1-4H3. The zero-order valence-electron chi connectivity index (χ0n) is 7.39. The summed E-state index contributed by atoms with van der Waals surface area (Å²) < 4.78 is 0. The lowest BCUT2D eigenvalue weighted by molar-refractivity contribution is 0.140. The van der Waals surface area contributed by atoms with Crippen molar-refractivity contribution in [3.63, 3.8) is 0 Å². The molecule has 1 heteroatoms. The van der Waals surface area contributed by atoms with Crippen molar-refractivity contribution < 1.29 is 0 Å². The van der Waals surface area contributed by atoms with Crippen molar-refractivity contribution in [3.05, 3.63) is 0 Å². The summed E-state index contributed by atoms with van der Waals surface area (Å²) in [4.78, 5) is 2.56. The summed E-state index contributed by atoms with van der Waals surface area (Å²) in [6.07, 6.45) is 1.46. The summed E-state index contributed by atoms with van der Waals surface area (Å²) in [6.45, 7) is 7.13. The van der Waals surface area contributed by atoms with Gasteiger partial charge in [-0.1, -0.05) is 6.92 Å². The third-order valence-corrected chi connectivity index (χ3v) is 3.97. The first-order chi connectivity index (χ1) is 4.55. The van der Waals surface area contributed by atoms with Gasteiger partial charge in [-0.05, 0) is 39.2 Å². The Morgan fingerprint density at radius 1 is 1.40 bits per heavy atom. The minimum Gasteiger partial charge on any atom is -0.298 e. The van der Waals surface area contributed by atoms with Crippen molar-refractivity contribution in [1.82, 2.24) is 4.90 Å². The average Bonchev–Trinajstić information content (AvgIpc) is 2.58. The largest absolute Gasteiger partial charge is 0.298 e. The third kappa shape index (κ3) is 0.572. The van der Waals surface area contributed by atoms with E-state index in [2.05, 4.69) is 32.7 Å². The Morgan fingerprint density at radius 3 is 2.20 bits per heavy atom. The molecule has 0 aromatic heterocycles. The molecular weight excluding hydrogens is 122 g/mol. The summed E-state index contributed by atoms with van der Waals surface area (Å²) in [7, 11) is 2.27. The van der Waals surface area contributed by atoms with Gasteiger partial charge in [0.2, 0.25) is 0 Å². The maximum atomic E-state index is 2.56. The van der Waals surface area contributed by atoms with Gasteiger partial charge in [0.1, 0.15) is 0 Å². The van der Waals surface area contributed by atoms with E-state index in [1.165, 1.54) is 6.42 Å². The molecule has 0 amide bonds. The van der Waals surface area contributed by atoms with Crippen LogP contribution in [0.3, 0.4) is 0 Å². The molecular formula is C9H17N. The van der Waals surface area contributed by atoms with Crippen LogP contribution in [0.5, 0.6) is 0 Å². The highest BCUT2D eigenvalue weighted by Crippen LogP contribution is 2.55. The number of rotatable bonds is 0. The highest BCUT2D eigenvalue weighted by Gasteiger charge is 2.58. The Balaban J connectivity index is 2.24. The lowest BCUT2D eigenvalue weighted by Crippen LogP contribution is -2.42. The van der Waals surface area contributed by atoms with E-state index in [9.17, 15) is 0 Å². The molecule has 1 saturated heterocycles. The van der Waals surface area contributed by atoms with Crippen LogP contribution in [0.15, 0.2) is 0 Å². The zero-order chi connectivity index (χ0) is 7.52. The van der Waals surface area contributed by atoms with Crippen LogP contribution in [-0.2, 0) is 0 Å². The molecule has 58 valence electrons. The Bertz CT molecular complexity index is 146. The summed E-state index contributed by atoms with van der Waals surface area (Å²) >= 11 is 0. The van der Waals surface area contributed by atoms with E-state index in [4.69, 9.17) is 0 Å². The number of nitrogens with zero attached hydrogens (tertiary/aromatic N) is 1. The van der Waals surface area contributed by atoms with Gasteiger partial charge >= 0.3 is 0 Å². The van der Waals surface area contributed by atoms with Crippen LogP contribution >= 0.6 is 0 Å². The zero-order valence-corrected chi connectivity index (χ0v) is 7.39. The topological polar surface area (TPSA) is 3.24 Å². The van der Waals surface area contributed by atoms with Gasteiger partial charge in [0.15, 0.2) is 0 Å². The lowest BCUT2D eigenvalue weighted by Gasteiger charge is -2.35. The van der Waals surface area contributed by atoms with Crippen LogP contribution in [0.1, 0.15) is 27.2 Å². The van der Waals surface area contributed by atoms with Crippen LogP contribution < -0.4 is 0 Å². The number of piperidine rings is 1. The molecule has 1 nitrogen and oxygen atoms in total. The second-order valence-electron chi connectivity index (χ2n) is 4.52. The SMILES string of the molecule is CC1C2CC2N(C)C1(C)C. The van der Waals surface area contributed by atoms with Gasteiger partial charge in [0.05, 0.1) is 0 Å². The second-order valence-corrected chi connectivity index (χ2v) is 4.52. The molecule has 3 atom stereocenters. The quantitative estimate of drug-likeness (QED) is 0.494. The molecule has 0 spiro atoms. The number of fused-ring (bicyclic) bond motifs is 1. The van der Waals surface area contributed by atoms with Crippen LogP contribution in [-0.4, -0.2) is 23.5 Å². The highest BCUT2D eigenvalue weighted by molar-refractivity contribution is 5.12. The summed E-state index contributed by atoms with van der Waals surface area (Å²) in [6, 6.07) is 0.935. The Hall–Kier alpha value is -0.0400. The Labute approximate surface area is 63.4 Å². The molecule has 0 aromatic rings. The van der Waals surface area contributed by atoms with Gasteiger partial charge in [-0.25, -0.2) is 0 Å². The van der Waals surface area contributed by atoms with Crippen LogP contribution in [0.25, 0.3) is 0 Å². The highest BCUT2D eigenvalue weighted by atomic mass is 15.3. The van der Waals surface area contributed by atoms with E-state index in [0.717, 1.165) is 17.9 Å². The summed E-state index contributed by atoms with van der Waals surface area (Å²) in [5.41, 5.74) is 0.466. The van der Waals surface area contributed by atoms with Crippen molar-refractivity contribution in [1.29, 1.82) is 0 Å². The maximum absolute atomic E-state index is 2.56. The first kappa shape index (κ1) is 6.66. The van der Waals surface area contributed by atoms with E-state index < -0.39 is 0 Å². The molecule has 3 unspecified atom stereocenters. The van der Waals surface area contributed by atoms with E-state index in [-0.39, 0.29) is 0 Å². The van der Waals surface area contributed by atoms with E-state index >= 15 is 0 Å². The Morgan fingerprint density at radius 2 is 2.00 bits per heavy atom. The molecule has 0 aromatic carbocycles. The van der Waals surface area contributed by atoms with Crippen molar-refractivity contribution >= 4 is 0 Å². The average molecular weight is 139 g/mol. The third-order valence-electron chi connectivity index (χ3n) is 3.97. The molecule has 0 N–H and O–H groups in total. The van der Waals surface area contributed by atoms with E-state index in [1.54, 1.807) is 0 Å². The Kier molecular flexibility index (Phi) is 1.05. The monoisotopic (exact) mass is 139 g/mol.